The summed E-state index contributed by atoms with van der Waals surface area (Å²) >= 11 is 0. The number of esters is 3. The number of hydrogen-bond acceptors (Lipinski definition) is 6. The monoisotopic (exact) mass is 1150 g/mol. The van der Waals surface area contributed by atoms with Crippen LogP contribution < -0.4 is 0 Å². The highest BCUT2D eigenvalue weighted by Gasteiger charge is 2.19. The van der Waals surface area contributed by atoms with Gasteiger partial charge in [-0.05, 0) is 89.9 Å². The number of carbonyl (C=O) groups is 3. The van der Waals surface area contributed by atoms with Crippen LogP contribution >= 0.6 is 0 Å². The summed E-state index contributed by atoms with van der Waals surface area (Å²) in [5, 5.41) is 0. The van der Waals surface area contributed by atoms with E-state index in [-0.39, 0.29) is 31.1 Å². The van der Waals surface area contributed by atoms with Gasteiger partial charge >= 0.3 is 17.9 Å². The molecule has 0 fully saturated rings. The standard InChI is InChI=1S/C76H136O6/c1-4-7-10-13-16-19-22-25-28-31-33-35-36-37-38-39-40-42-43-45-48-51-54-57-60-63-66-69-75(78)81-72-73(71-80-74(77)68-65-62-59-56-53-50-47-30-27-24-21-18-15-12-9-6-3)82-76(79)70-67-64-61-58-55-52-49-46-44-41-34-32-29-26-23-20-17-14-11-8-5-2/h7,10,16,19,21,24-25,28,30,33,35,47,73H,4-6,8-9,11-15,17-18,20,22-23,26-27,29,31-32,34,36-46,48-72H2,1-3H3/b10-7-,19-16-,24-21-,28-25-,35-33-,47-30-. The maximum atomic E-state index is 13.0. The van der Waals surface area contributed by atoms with Crippen molar-refractivity contribution < 1.29 is 28.6 Å². The quantitative estimate of drug-likeness (QED) is 0.0261. The van der Waals surface area contributed by atoms with Crippen LogP contribution in [0.1, 0.15) is 374 Å². The fraction of sp³-hybridized carbons (Fsp3) is 0.803. The normalized spacial score (nSPS) is 12.5. The molecule has 1 unspecified atom stereocenters. The van der Waals surface area contributed by atoms with E-state index < -0.39 is 6.10 Å². The second-order valence-corrected chi connectivity index (χ2v) is 24.1. The lowest BCUT2D eigenvalue weighted by molar-refractivity contribution is -0.167. The summed E-state index contributed by atoms with van der Waals surface area (Å²) in [5.74, 6) is -0.865. The first-order valence-corrected chi connectivity index (χ1v) is 35.9. The zero-order chi connectivity index (χ0) is 59.2. The summed E-state index contributed by atoms with van der Waals surface area (Å²) in [6.45, 7) is 6.56. The molecule has 0 saturated heterocycles. The molecule has 0 amide bonds. The van der Waals surface area contributed by atoms with Gasteiger partial charge in [0.1, 0.15) is 13.2 Å². The molecule has 0 aromatic rings. The Hall–Kier alpha value is -3.15. The molecular weight excluding hydrogens is 1010 g/mol. The Bertz CT molecular complexity index is 1500. The molecule has 6 heteroatoms. The number of ether oxygens (including phenoxy) is 3. The second-order valence-electron chi connectivity index (χ2n) is 24.1. The van der Waals surface area contributed by atoms with Crippen LogP contribution in [0.25, 0.3) is 0 Å². The molecule has 476 valence electrons. The average molecular weight is 1150 g/mol. The number of allylic oxidation sites excluding steroid dienone is 12. The Morgan fingerprint density at radius 2 is 0.476 bits per heavy atom. The zero-order valence-electron chi connectivity index (χ0n) is 54.8. The Kier molecular flexibility index (Phi) is 67.6. The Labute approximate surface area is 510 Å². The lowest BCUT2D eigenvalue weighted by Gasteiger charge is -2.18. The van der Waals surface area contributed by atoms with Crippen LogP contribution in [0.3, 0.4) is 0 Å². The van der Waals surface area contributed by atoms with Crippen LogP contribution in [0.4, 0.5) is 0 Å². The molecule has 0 rings (SSSR count). The van der Waals surface area contributed by atoms with Gasteiger partial charge < -0.3 is 14.2 Å². The molecule has 1 atom stereocenters. The van der Waals surface area contributed by atoms with Crippen LogP contribution in [0, 0.1) is 0 Å². The van der Waals surface area contributed by atoms with Gasteiger partial charge in [-0.1, -0.05) is 338 Å². The maximum absolute atomic E-state index is 13.0. The highest BCUT2D eigenvalue weighted by molar-refractivity contribution is 5.71. The van der Waals surface area contributed by atoms with Gasteiger partial charge in [0.15, 0.2) is 6.10 Å². The molecule has 0 aliphatic heterocycles. The van der Waals surface area contributed by atoms with Crippen LogP contribution in [0.15, 0.2) is 72.9 Å². The van der Waals surface area contributed by atoms with Gasteiger partial charge in [-0.25, -0.2) is 0 Å². The molecule has 0 bridgehead atoms. The van der Waals surface area contributed by atoms with Crippen LogP contribution in [-0.2, 0) is 28.6 Å². The van der Waals surface area contributed by atoms with Gasteiger partial charge in [0.05, 0.1) is 0 Å². The van der Waals surface area contributed by atoms with E-state index >= 15 is 0 Å². The van der Waals surface area contributed by atoms with Crippen molar-refractivity contribution in [2.24, 2.45) is 0 Å². The van der Waals surface area contributed by atoms with Gasteiger partial charge in [0, 0.05) is 19.3 Å². The van der Waals surface area contributed by atoms with E-state index in [1.807, 2.05) is 0 Å². The molecule has 0 radical (unpaired) electrons. The van der Waals surface area contributed by atoms with Crippen LogP contribution in [-0.4, -0.2) is 37.2 Å². The van der Waals surface area contributed by atoms with E-state index in [2.05, 4.69) is 93.7 Å². The first kappa shape index (κ1) is 78.8. The van der Waals surface area contributed by atoms with Crippen molar-refractivity contribution in [2.45, 2.75) is 380 Å². The van der Waals surface area contributed by atoms with Crippen molar-refractivity contribution in [2.75, 3.05) is 13.2 Å². The Morgan fingerprint density at radius 3 is 0.756 bits per heavy atom. The van der Waals surface area contributed by atoms with E-state index in [0.717, 1.165) is 103 Å². The first-order chi connectivity index (χ1) is 40.5. The van der Waals surface area contributed by atoms with Crippen molar-refractivity contribution in [1.82, 2.24) is 0 Å². The largest absolute Gasteiger partial charge is 0.462 e. The van der Waals surface area contributed by atoms with E-state index in [9.17, 15) is 14.4 Å². The topological polar surface area (TPSA) is 78.9 Å². The molecule has 0 saturated carbocycles. The maximum Gasteiger partial charge on any atom is 0.306 e. The molecule has 6 nitrogen and oxygen atoms in total. The predicted molar refractivity (Wildman–Crippen MR) is 358 cm³/mol. The van der Waals surface area contributed by atoms with E-state index in [4.69, 9.17) is 14.2 Å². The van der Waals surface area contributed by atoms with Crippen molar-refractivity contribution in [1.29, 1.82) is 0 Å². The summed E-state index contributed by atoms with van der Waals surface area (Å²) in [6.07, 6.45) is 92.1. The van der Waals surface area contributed by atoms with Gasteiger partial charge in [0.25, 0.3) is 0 Å². The van der Waals surface area contributed by atoms with E-state index in [0.29, 0.717) is 19.3 Å². The zero-order valence-corrected chi connectivity index (χ0v) is 54.8. The smallest absolute Gasteiger partial charge is 0.306 e. The fourth-order valence-corrected chi connectivity index (χ4v) is 10.6. The second kappa shape index (κ2) is 70.3. The Morgan fingerprint density at radius 1 is 0.256 bits per heavy atom. The number of carbonyl (C=O) groups excluding carboxylic acids is 3. The molecule has 0 aromatic carbocycles. The fourth-order valence-electron chi connectivity index (χ4n) is 10.6. The van der Waals surface area contributed by atoms with Crippen LogP contribution in [0.5, 0.6) is 0 Å². The third-order valence-corrected chi connectivity index (χ3v) is 15.9. The molecular formula is C76H136O6. The molecule has 0 aromatic heterocycles. The summed E-state index contributed by atoms with van der Waals surface area (Å²) < 4.78 is 17.0. The minimum atomic E-state index is -0.781. The minimum absolute atomic E-state index is 0.0758. The molecule has 0 N–H and O–H groups in total. The van der Waals surface area contributed by atoms with Crippen LogP contribution in [0.2, 0.25) is 0 Å². The number of rotatable bonds is 66. The summed E-state index contributed by atoms with van der Waals surface area (Å²) in [5.41, 5.74) is 0. The minimum Gasteiger partial charge on any atom is -0.462 e. The van der Waals surface area contributed by atoms with Gasteiger partial charge in [0.2, 0.25) is 0 Å². The SMILES string of the molecule is CC/C=C\C/C=C\C/C=C\C/C=C\CCCCCCCCCCCCCCCCC(=O)OCC(COC(=O)CCCCCCC/C=C\C/C=C\CCCCCC)OC(=O)CCCCCCCCCCCCCCCCCCCCCCC. The van der Waals surface area contributed by atoms with Crippen molar-refractivity contribution in [3.63, 3.8) is 0 Å². The van der Waals surface area contributed by atoms with E-state index in [1.54, 1.807) is 0 Å². The molecule has 0 aliphatic carbocycles. The summed E-state index contributed by atoms with van der Waals surface area (Å²) in [6, 6.07) is 0. The summed E-state index contributed by atoms with van der Waals surface area (Å²) in [7, 11) is 0. The van der Waals surface area contributed by atoms with E-state index in [1.165, 1.54) is 231 Å². The van der Waals surface area contributed by atoms with Crippen molar-refractivity contribution in [3.05, 3.63) is 72.9 Å². The van der Waals surface area contributed by atoms with Gasteiger partial charge in [-0.2, -0.15) is 0 Å². The average Bonchev–Trinajstić information content (AvgIpc) is 3.47. The lowest BCUT2D eigenvalue weighted by Crippen LogP contribution is -2.30. The molecule has 82 heavy (non-hydrogen) atoms. The van der Waals surface area contributed by atoms with Gasteiger partial charge in [-0.3, -0.25) is 14.4 Å². The summed E-state index contributed by atoms with van der Waals surface area (Å²) in [4.78, 5) is 38.5. The molecule has 0 heterocycles. The van der Waals surface area contributed by atoms with Crippen molar-refractivity contribution in [3.8, 4) is 0 Å². The number of unbranched alkanes of at least 4 members (excludes halogenated alkanes) is 43. The first-order valence-electron chi connectivity index (χ1n) is 35.9. The van der Waals surface area contributed by atoms with Crippen molar-refractivity contribution >= 4 is 17.9 Å². The highest BCUT2D eigenvalue weighted by Crippen LogP contribution is 2.18. The highest BCUT2D eigenvalue weighted by atomic mass is 16.6. The number of hydrogen-bond donors (Lipinski definition) is 0. The van der Waals surface area contributed by atoms with Gasteiger partial charge in [-0.15, -0.1) is 0 Å². The predicted octanol–water partition coefficient (Wildman–Crippen LogP) is 24.8. The molecule has 0 aliphatic rings. The third kappa shape index (κ3) is 67.6. The molecule has 0 spiro atoms. The Balaban J connectivity index is 4.29. The third-order valence-electron chi connectivity index (χ3n) is 15.9. The lowest BCUT2D eigenvalue weighted by atomic mass is 10.0.